The second-order valence-electron chi connectivity index (χ2n) is 4.76. The summed E-state index contributed by atoms with van der Waals surface area (Å²) in [5.41, 5.74) is 2.07. The van der Waals surface area contributed by atoms with E-state index in [-0.39, 0.29) is 11.4 Å². The van der Waals surface area contributed by atoms with Gasteiger partial charge in [-0.3, -0.25) is 4.21 Å². The number of hydrogen-bond acceptors (Lipinski definition) is 2. The Labute approximate surface area is 109 Å². The van der Waals surface area contributed by atoms with E-state index >= 15 is 0 Å². The lowest BCUT2D eigenvalue weighted by molar-refractivity contribution is 0.180. The summed E-state index contributed by atoms with van der Waals surface area (Å²) >= 11 is 0. The molecule has 1 N–H and O–H groups in total. The second-order valence-corrected chi connectivity index (χ2v) is 6.40. The Bertz CT molecular complexity index is 545. The second kappa shape index (κ2) is 4.82. The first-order valence-electron chi connectivity index (χ1n) is 6.31. The smallest absolute Gasteiger partial charge is 0.0796 e. The van der Waals surface area contributed by atoms with Crippen LogP contribution in [0.2, 0.25) is 0 Å². The summed E-state index contributed by atoms with van der Waals surface area (Å²) in [7, 11) is -1.02. The third-order valence-corrected chi connectivity index (χ3v) is 5.34. The van der Waals surface area contributed by atoms with Crippen molar-refractivity contribution in [2.45, 2.75) is 35.5 Å². The first-order chi connectivity index (χ1) is 8.77. The van der Waals surface area contributed by atoms with Crippen molar-refractivity contribution in [2.75, 3.05) is 0 Å². The fourth-order valence-corrected chi connectivity index (χ4v) is 4.19. The van der Waals surface area contributed by atoms with E-state index in [4.69, 9.17) is 0 Å². The fraction of sp³-hybridized carbons (Fsp3) is 0.333. The van der Waals surface area contributed by atoms with Crippen molar-refractivity contribution >= 4 is 10.8 Å². The lowest BCUT2D eigenvalue weighted by atomic mass is 10.1. The highest BCUT2D eigenvalue weighted by molar-refractivity contribution is 7.86. The summed E-state index contributed by atoms with van der Waals surface area (Å²) in [5.74, 6) is 0. The molecular formula is C15H16O2S. The van der Waals surface area contributed by atoms with Gasteiger partial charge in [0.1, 0.15) is 0 Å². The highest BCUT2D eigenvalue weighted by atomic mass is 32.2. The van der Waals surface area contributed by atoms with Crippen molar-refractivity contribution in [3.63, 3.8) is 0 Å². The minimum absolute atomic E-state index is 0.0687. The van der Waals surface area contributed by atoms with Gasteiger partial charge in [0.05, 0.1) is 22.2 Å². The molecule has 0 spiro atoms. The molecule has 0 amide bonds. The van der Waals surface area contributed by atoms with E-state index in [1.54, 1.807) is 0 Å². The Balaban J connectivity index is 1.96. The van der Waals surface area contributed by atoms with E-state index in [1.165, 1.54) is 0 Å². The van der Waals surface area contributed by atoms with Crippen LogP contribution < -0.4 is 0 Å². The molecule has 94 valence electrons. The van der Waals surface area contributed by atoms with E-state index in [9.17, 15) is 9.32 Å². The molecule has 2 aliphatic carbocycles. The lowest BCUT2D eigenvalue weighted by Crippen LogP contribution is -2.14. The fourth-order valence-electron chi connectivity index (χ4n) is 2.67. The predicted molar refractivity (Wildman–Crippen MR) is 72.8 cm³/mol. The molecule has 0 saturated carbocycles. The first-order valence-corrected chi connectivity index (χ1v) is 7.52. The number of aliphatic hydroxyl groups excluding tert-OH is 1. The summed E-state index contributed by atoms with van der Waals surface area (Å²) < 4.78 is 12.6. The van der Waals surface area contributed by atoms with Gasteiger partial charge in [0.15, 0.2) is 0 Å². The maximum Gasteiger partial charge on any atom is 0.0796 e. The zero-order chi connectivity index (χ0) is 12.5. The monoisotopic (exact) mass is 260 g/mol. The average molecular weight is 260 g/mol. The Morgan fingerprint density at radius 3 is 2.94 bits per heavy atom. The molecule has 2 aliphatic rings. The minimum atomic E-state index is -1.02. The van der Waals surface area contributed by atoms with Gasteiger partial charge in [0, 0.05) is 4.90 Å². The van der Waals surface area contributed by atoms with Crippen LogP contribution in [0, 0.1) is 0 Å². The van der Waals surface area contributed by atoms with Crippen LogP contribution in [0.5, 0.6) is 0 Å². The van der Waals surface area contributed by atoms with E-state index in [2.05, 4.69) is 6.08 Å². The summed E-state index contributed by atoms with van der Waals surface area (Å²) in [6.07, 6.45) is 10.1. The van der Waals surface area contributed by atoms with Crippen LogP contribution in [0.4, 0.5) is 0 Å². The standard InChI is InChI=1S/C15H16O2S/c16-14-10-9-13-12(14)7-4-8-15(13)18(17)11-5-2-1-3-6-11/h1-5,7-8,11,14,16H,6,9-10H2/t11?,14-,18?/m0/s1. The largest absolute Gasteiger partial charge is 0.388 e. The maximum atomic E-state index is 12.6. The number of allylic oxidation sites excluding steroid dienone is 3. The van der Waals surface area contributed by atoms with E-state index < -0.39 is 10.8 Å². The molecule has 0 radical (unpaired) electrons. The van der Waals surface area contributed by atoms with Crippen LogP contribution >= 0.6 is 0 Å². The van der Waals surface area contributed by atoms with Crippen LogP contribution in [0.25, 0.3) is 0 Å². The van der Waals surface area contributed by atoms with Gasteiger partial charge < -0.3 is 5.11 Å². The minimum Gasteiger partial charge on any atom is -0.388 e. The lowest BCUT2D eigenvalue weighted by Gasteiger charge is -2.15. The highest BCUT2D eigenvalue weighted by Gasteiger charge is 2.26. The van der Waals surface area contributed by atoms with Crippen molar-refractivity contribution in [3.8, 4) is 0 Å². The molecule has 2 unspecified atom stereocenters. The summed E-state index contributed by atoms with van der Waals surface area (Å²) in [5, 5.41) is 9.94. The number of aliphatic hydroxyl groups is 1. The molecule has 18 heavy (non-hydrogen) atoms. The molecule has 3 atom stereocenters. The maximum absolute atomic E-state index is 12.6. The SMILES string of the molecule is O=S(c1cccc2c1CC[C@@H]2O)C1C=CC=CC1. The number of benzene rings is 1. The third kappa shape index (κ3) is 1.98. The summed E-state index contributed by atoms with van der Waals surface area (Å²) in [6, 6.07) is 5.80. The number of hydrogen-bond donors (Lipinski definition) is 1. The van der Waals surface area contributed by atoms with Gasteiger partial charge in [0.2, 0.25) is 0 Å². The van der Waals surface area contributed by atoms with Gasteiger partial charge in [-0.1, -0.05) is 36.4 Å². The van der Waals surface area contributed by atoms with Crippen molar-refractivity contribution in [3.05, 3.63) is 53.6 Å². The Morgan fingerprint density at radius 1 is 1.28 bits per heavy atom. The number of rotatable bonds is 2. The van der Waals surface area contributed by atoms with Gasteiger partial charge in [-0.25, -0.2) is 0 Å². The Kier molecular flexibility index (Phi) is 3.18. The predicted octanol–water partition coefficient (Wildman–Crippen LogP) is 2.66. The molecule has 3 rings (SSSR count). The zero-order valence-corrected chi connectivity index (χ0v) is 10.9. The molecule has 0 aliphatic heterocycles. The molecule has 0 fully saturated rings. The van der Waals surface area contributed by atoms with Crippen molar-refractivity contribution in [1.29, 1.82) is 0 Å². The molecule has 1 aromatic carbocycles. The Hall–Kier alpha value is -1.19. The molecular weight excluding hydrogens is 244 g/mol. The average Bonchev–Trinajstić information content (AvgIpc) is 2.81. The van der Waals surface area contributed by atoms with Gasteiger partial charge in [-0.2, -0.15) is 0 Å². The van der Waals surface area contributed by atoms with Gasteiger partial charge in [-0.05, 0) is 36.5 Å². The molecule has 3 heteroatoms. The van der Waals surface area contributed by atoms with Crippen LogP contribution in [-0.2, 0) is 17.2 Å². The van der Waals surface area contributed by atoms with Crippen molar-refractivity contribution in [2.24, 2.45) is 0 Å². The third-order valence-electron chi connectivity index (χ3n) is 3.63. The summed E-state index contributed by atoms with van der Waals surface area (Å²) in [4.78, 5) is 0.911. The first kappa shape index (κ1) is 11.9. The molecule has 0 bridgehead atoms. The van der Waals surface area contributed by atoms with Crippen LogP contribution in [0.1, 0.15) is 30.1 Å². The highest BCUT2D eigenvalue weighted by Crippen LogP contribution is 2.35. The van der Waals surface area contributed by atoms with Crippen LogP contribution in [0.3, 0.4) is 0 Å². The van der Waals surface area contributed by atoms with Gasteiger partial charge in [0.25, 0.3) is 0 Å². The summed E-state index contributed by atoms with van der Waals surface area (Å²) in [6.45, 7) is 0. The quantitative estimate of drug-likeness (QED) is 0.887. The van der Waals surface area contributed by atoms with Gasteiger partial charge in [-0.15, -0.1) is 0 Å². The molecule has 0 aromatic heterocycles. The van der Waals surface area contributed by atoms with E-state index in [1.807, 2.05) is 36.4 Å². The molecule has 0 heterocycles. The van der Waals surface area contributed by atoms with Crippen LogP contribution in [0.15, 0.2) is 47.4 Å². The topological polar surface area (TPSA) is 37.3 Å². The zero-order valence-electron chi connectivity index (χ0n) is 10.1. The van der Waals surface area contributed by atoms with Crippen LogP contribution in [-0.4, -0.2) is 14.6 Å². The molecule has 0 saturated heterocycles. The van der Waals surface area contributed by atoms with E-state index in [0.717, 1.165) is 35.3 Å². The van der Waals surface area contributed by atoms with E-state index in [0.29, 0.717) is 0 Å². The van der Waals surface area contributed by atoms with Crippen molar-refractivity contribution in [1.82, 2.24) is 0 Å². The number of fused-ring (bicyclic) bond motifs is 1. The molecule has 2 nitrogen and oxygen atoms in total. The van der Waals surface area contributed by atoms with Crippen molar-refractivity contribution < 1.29 is 9.32 Å². The van der Waals surface area contributed by atoms with Gasteiger partial charge >= 0.3 is 0 Å². The molecule has 1 aromatic rings. The normalized spacial score (nSPS) is 27.2. The Morgan fingerprint density at radius 2 is 2.17 bits per heavy atom.